The SMILES string of the molecule is CNCCC(C)N1CCN(c2ncccn2)CC1. The standard InChI is InChI=1S/C13H23N5/c1-12(4-7-14-2)17-8-10-18(11-9-17)13-15-5-3-6-16-13/h3,5-6,12,14H,4,7-11H2,1-2H3. The Morgan fingerprint density at radius 3 is 2.50 bits per heavy atom. The molecule has 1 aromatic rings. The van der Waals surface area contributed by atoms with Gasteiger partial charge in [0.05, 0.1) is 0 Å². The lowest BCUT2D eigenvalue weighted by Gasteiger charge is -2.38. The summed E-state index contributed by atoms with van der Waals surface area (Å²) in [7, 11) is 2.01. The van der Waals surface area contributed by atoms with Gasteiger partial charge in [-0.2, -0.15) is 0 Å². The van der Waals surface area contributed by atoms with Crippen molar-refractivity contribution in [3.8, 4) is 0 Å². The van der Waals surface area contributed by atoms with Gasteiger partial charge in [0.2, 0.25) is 5.95 Å². The van der Waals surface area contributed by atoms with Crippen molar-refractivity contribution >= 4 is 5.95 Å². The van der Waals surface area contributed by atoms with Gasteiger partial charge in [-0.15, -0.1) is 0 Å². The molecule has 1 aliphatic rings. The molecule has 1 aromatic heterocycles. The van der Waals surface area contributed by atoms with Gasteiger partial charge in [-0.05, 0) is 33.0 Å². The lowest BCUT2D eigenvalue weighted by molar-refractivity contribution is 0.188. The largest absolute Gasteiger partial charge is 0.338 e. The van der Waals surface area contributed by atoms with E-state index in [4.69, 9.17) is 0 Å². The van der Waals surface area contributed by atoms with Crippen molar-refractivity contribution < 1.29 is 0 Å². The molecule has 1 saturated heterocycles. The van der Waals surface area contributed by atoms with Gasteiger partial charge in [-0.3, -0.25) is 4.90 Å². The lowest BCUT2D eigenvalue weighted by Crippen LogP contribution is -2.50. The highest BCUT2D eigenvalue weighted by Crippen LogP contribution is 2.12. The van der Waals surface area contributed by atoms with Crippen LogP contribution in [0.15, 0.2) is 18.5 Å². The first-order valence-electron chi connectivity index (χ1n) is 6.72. The van der Waals surface area contributed by atoms with Gasteiger partial charge in [0.15, 0.2) is 0 Å². The van der Waals surface area contributed by atoms with Crippen LogP contribution in [-0.2, 0) is 0 Å². The zero-order valence-electron chi connectivity index (χ0n) is 11.3. The number of hydrogen-bond donors (Lipinski definition) is 1. The van der Waals surface area contributed by atoms with Crippen molar-refractivity contribution in [3.63, 3.8) is 0 Å². The third-order valence-corrected chi connectivity index (χ3v) is 3.58. The molecule has 2 rings (SSSR count). The van der Waals surface area contributed by atoms with Gasteiger partial charge in [0.25, 0.3) is 0 Å². The highest BCUT2D eigenvalue weighted by atomic mass is 15.3. The third-order valence-electron chi connectivity index (χ3n) is 3.58. The fraction of sp³-hybridized carbons (Fsp3) is 0.692. The lowest BCUT2D eigenvalue weighted by atomic mass is 10.1. The van der Waals surface area contributed by atoms with Gasteiger partial charge >= 0.3 is 0 Å². The first-order chi connectivity index (χ1) is 8.81. The van der Waals surface area contributed by atoms with E-state index in [0.717, 1.165) is 38.7 Å². The maximum absolute atomic E-state index is 4.31. The van der Waals surface area contributed by atoms with Crippen LogP contribution in [0.25, 0.3) is 0 Å². The maximum Gasteiger partial charge on any atom is 0.225 e. The predicted octanol–water partition coefficient (Wildman–Crippen LogP) is 0.597. The fourth-order valence-corrected chi connectivity index (χ4v) is 2.35. The van der Waals surface area contributed by atoms with Crippen molar-refractivity contribution in [3.05, 3.63) is 18.5 Å². The van der Waals surface area contributed by atoms with Crippen LogP contribution in [0.3, 0.4) is 0 Å². The molecule has 1 unspecified atom stereocenters. The van der Waals surface area contributed by atoms with E-state index in [1.54, 1.807) is 0 Å². The zero-order chi connectivity index (χ0) is 12.8. The topological polar surface area (TPSA) is 44.3 Å². The van der Waals surface area contributed by atoms with Crippen molar-refractivity contribution in [2.45, 2.75) is 19.4 Å². The van der Waals surface area contributed by atoms with Gasteiger partial charge in [-0.25, -0.2) is 9.97 Å². The number of hydrogen-bond acceptors (Lipinski definition) is 5. The third kappa shape index (κ3) is 3.40. The Labute approximate surface area is 109 Å². The second kappa shape index (κ2) is 6.66. The van der Waals surface area contributed by atoms with Crippen LogP contribution < -0.4 is 10.2 Å². The molecule has 0 aliphatic carbocycles. The Morgan fingerprint density at radius 1 is 1.22 bits per heavy atom. The van der Waals surface area contributed by atoms with E-state index in [0.29, 0.717) is 6.04 Å². The van der Waals surface area contributed by atoms with E-state index in [1.165, 1.54) is 6.42 Å². The highest BCUT2D eigenvalue weighted by molar-refractivity contribution is 5.29. The summed E-state index contributed by atoms with van der Waals surface area (Å²) in [6, 6.07) is 2.51. The summed E-state index contributed by atoms with van der Waals surface area (Å²) >= 11 is 0. The molecule has 1 N–H and O–H groups in total. The first kappa shape index (κ1) is 13.2. The number of rotatable bonds is 5. The molecular weight excluding hydrogens is 226 g/mol. The quantitative estimate of drug-likeness (QED) is 0.828. The number of anilines is 1. The zero-order valence-corrected chi connectivity index (χ0v) is 11.3. The summed E-state index contributed by atoms with van der Waals surface area (Å²) in [5.74, 6) is 0.861. The van der Waals surface area contributed by atoms with Crippen LogP contribution in [0.1, 0.15) is 13.3 Å². The second-order valence-electron chi connectivity index (χ2n) is 4.81. The molecule has 5 nitrogen and oxygen atoms in total. The van der Waals surface area contributed by atoms with E-state index in [9.17, 15) is 0 Å². The molecule has 18 heavy (non-hydrogen) atoms. The molecule has 2 heterocycles. The molecule has 100 valence electrons. The molecule has 0 amide bonds. The summed E-state index contributed by atoms with van der Waals surface area (Å²) in [4.78, 5) is 13.4. The summed E-state index contributed by atoms with van der Waals surface area (Å²) in [6.45, 7) is 7.64. The molecule has 0 saturated carbocycles. The summed E-state index contributed by atoms with van der Waals surface area (Å²) in [6.07, 6.45) is 4.83. The maximum atomic E-state index is 4.31. The average molecular weight is 249 g/mol. The minimum atomic E-state index is 0.649. The van der Waals surface area contributed by atoms with Gasteiger partial charge in [0, 0.05) is 44.6 Å². The monoisotopic (exact) mass is 249 g/mol. The number of aromatic nitrogens is 2. The van der Waals surface area contributed by atoms with Gasteiger partial charge in [-0.1, -0.05) is 0 Å². The van der Waals surface area contributed by atoms with Crippen LogP contribution in [-0.4, -0.2) is 60.7 Å². The van der Waals surface area contributed by atoms with Crippen molar-refractivity contribution in [1.82, 2.24) is 20.2 Å². The fourth-order valence-electron chi connectivity index (χ4n) is 2.35. The van der Waals surface area contributed by atoms with Crippen LogP contribution >= 0.6 is 0 Å². The summed E-state index contributed by atoms with van der Waals surface area (Å²) < 4.78 is 0. The second-order valence-corrected chi connectivity index (χ2v) is 4.81. The van der Waals surface area contributed by atoms with Crippen molar-refractivity contribution in [2.24, 2.45) is 0 Å². The molecule has 0 radical (unpaired) electrons. The Bertz CT molecular complexity index is 334. The average Bonchev–Trinajstić information content (AvgIpc) is 2.46. The van der Waals surface area contributed by atoms with E-state index < -0.39 is 0 Å². The van der Waals surface area contributed by atoms with Crippen molar-refractivity contribution in [2.75, 3.05) is 44.7 Å². The van der Waals surface area contributed by atoms with E-state index >= 15 is 0 Å². The molecule has 1 aliphatic heterocycles. The van der Waals surface area contributed by atoms with Crippen LogP contribution in [0, 0.1) is 0 Å². The normalized spacial score (nSPS) is 18.9. The van der Waals surface area contributed by atoms with Crippen LogP contribution in [0.5, 0.6) is 0 Å². The molecule has 1 atom stereocenters. The minimum absolute atomic E-state index is 0.649. The highest BCUT2D eigenvalue weighted by Gasteiger charge is 2.21. The van der Waals surface area contributed by atoms with Crippen LogP contribution in [0.2, 0.25) is 0 Å². The molecular formula is C13H23N5. The van der Waals surface area contributed by atoms with Crippen molar-refractivity contribution in [1.29, 1.82) is 0 Å². The molecule has 1 fully saturated rings. The minimum Gasteiger partial charge on any atom is -0.338 e. The summed E-state index contributed by atoms with van der Waals surface area (Å²) in [5, 5.41) is 3.22. The first-order valence-corrected chi connectivity index (χ1v) is 6.72. The smallest absolute Gasteiger partial charge is 0.225 e. The number of nitrogens with one attached hydrogen (secondary N) is 1. The van der Waals surface area contributed by atoms with Gasteiger partial charge in [0.1, 0.15) is 0 Å². The Balaban J connectivity index is 1.81. The van der Waals surface area contributed by atoms with Gasteiger partial charge < -0.3 is 10.2 Å². The van der Waals surface area contributed by atoms with Crippen LogP contribution in [0.4, 0.5) is 5.95 Å². The van der Waals surface area contributed by atoms with E-state index in [-0.39, 0.29) is 0 Å². The van der Waals surface area contributed by atoms with E-state index in [1.807, 2.05) is 25.5 Å². The Morgan fingerprint density at radius 2 is 1.89 bits per heavy atom. The van der Waals surface area contributed by atoms with E-state index in [2.05, 4.69) is 32.0 Å². The number of nitrogens with zero attached hydrogens (tertiary/aromatic N) is 4. The Kier molecular flexibility index (Phi) is 4.90. The molecule has 0 spiro atoms. The number of piperazine rings is 1. The molecule has 0 aromatic carbocycles. The predicted molar refractivity (Wildman–Crippen MR) is 73.8 cm³/mol. The Hall–Kier alpha value is -1.20. The molecule has 5 heteroatoms. The molecule has 0 bridgehead atoms. The summed E-state index contributed by atoms with van der Waals surface area (Å²) in [5.41, 5.74) is 0.